The number of aromatic nitrogens is 2. The van der Waals surface area contributed by atoms with Crippen LogP contribution in [-0.4, -0.2) is 35.0 Å². The van der Waals surface area contributed by atoms with Crippen LogP contribution in [0.2, 0.25) is 0 Å². The molecule has 2 N–H and O–H groups in total. The maximum atomic E-state index is 13.7. The van der Waals surface area contributed by atoms with Crippen molar-refractivity contribution in [2.75, 3.05) is 13.1 Å². The molecule has 0 atom stereocenters. The summed E-state index contributed by atoms with van der Waals surface area (Å²) < 4.78 is 32.2. The highest BCUT2D eigenvalue weighted by Gasteiger charge is 2.19. The zero-order chi connectivity index (χ0) is 22.7. The van der Waals surface area contributed by atoms with Crippen molar-refractivity contribution in [3.8, 4) is 11.3 Å². The molecule has 0 aliphatic heterocycles. The highest BCUT2D eigenvalue weighted by Crippen LogP contribution is 2.27. The zero-order valence-corrected chi connectivity index (χ0v) is 17.0. The van der Waals surface area contributed by atoms with Crippen LogP contribution in [0.4, 0.5) is 8.78 Å². The van der Waals surface area contributed by atoms with Crippen molar-refractivity contribution in [2.45, 2.75) is 6.92 Å². The Labute approximate surface area is 181 Å². The third-order valence-electron chi connectivity index (χ3n) is 4.82. The number of amides is 2. The van der Waals surface area contributed by atoms with Gasteiger partial charge in [-0.15, -0.1) is 0 Å². The second kappa shape index (κ2) is 8.93. The molecule has 0 bridgehead atoms. The van der Waals surface area contributed by atoms with Gasteiger partial charge in [0, 0.05) is 18.7 Å². The number of rotatable bonds is 6. The summed E-state index contributed by atoms with van der Waals surface area (Å²) in [6.07, 6.45) is 0. The highest BCUT2D eigenvalue weighted by atomic mass is 19.1. The van der Waals surface area contributed by atoms with E-state index in [2.05, 4.69) is 20.8 Å². The molecular formula is C23H18F2N4O3. The van der Waals surface area contributed by atoms with Gasteiger partial charge in [-0.1, -0.05) is 17.3 Å². The molecule has 0 unspecified atom stereocenters. The van der Waals surface area contributed by atoms with Crippen molar-refractivity contribution < 1.29 is 22.9 Å². The number of pyridine rings is 1. The van der Waals surface area contributed by atoms with Crippen LogP contribution in [0.15, 0.2) is 59.1 Å². The summed E-state index contributed by atoms with van der Waals surface area (Å²) in [7, 11) is 0. The number of nitrogens with zero attached hydrogens (tertiary/aromatic N) is 2. The molecular weight excluding hydrogens is 418 g/mol. The molecule has 0 fully saturated rings. The van der Waals surface area contributed by atoms with Gasteiger partial charge in [0.2, 0.25) is 0 Å². The quantitative estimate of drug-likeness (QED) is 0.450. The van der Waals surface area contributed by atoms with Crippen molar-refractivity contribution >= 4 is 22.9 Å². The van der Waals surface area contributed by atoms with Crippen molar-refractivity contribution in [3.63, 3.8) is 0 Å². The predicted molar refractivity (Wildman–Crippen MR) is 113 cm³/mol. The SMILES string of the molecule is Cc1noc2nc(-c3ccc(F)cc3)cc(C(=O)NCCNC(=O)c3ccccc3F)c12. The molecule has 7 nitrogen and oxygen atoms in total. The second-order valence-corrected chi connectivity index (χ2v) is 7.00. The van der Waals surface area contributed by atoms with Crippen LogP contribution in [0.25, 0.3) is 22.4 Å². The Kier molecular flexibility index (Phi) is 5.89. The molecule has 0 radical (unpaired) electrons. The van der Waals surface area contributed by atoms with Crippen molar-refractivity contribution in [1.29, 1.82) is 0 Å². The lowest BCUT2D eigenvalue weighted by Gasteiger charge is -2.09. The second-order valence-electron chi connectivity index (χ2n) is 7.00. The van der Waals surface area contributed by atoms with E-state index < -0.39 is 17.6 Å². The summed E-state index contributed by atoms with van der Waals surface area (Å²) in [5.74, 6) is -2.01. The number of carbonyl (C=O) groups excluding carboxylic acids is 2. The van der Waals surface area contributed by atoms with Gasteiger partial charge >= 0.3 is 0 Å². The summed E-state index contributed by atoms with van der Waals surface area (Å²) in [5, 5.41) is 9.61. The standard InChI is InChI=1S/C23H18F2N4O3/c1-13-20-17(12-19(28-23(20)32-29-13)14-6-8-15(24)9-7-14)22(31)27-11-10-26-21(30)16-4-2-3-5-18(16)25/h2-9,12H,10-11H2,1H3,(H,26,30)(H,27,31). The number of hydrogen-bond donors (Lipinski definition) is 2. The smallest absolute Gasteiger partial charge is 0.259 e. The highest BCUT2D eigenvalue weighted by molar-refractivity contribution is 6.07. The van der Waals surface area contributed by atoms with Crippen LogP contribution in [-0.2, 0) is 0 Å². The maximum absolute atomic E-state index is 13.7. The lowest BCUT2D eigenvalue weighted by atomic mass is 10.1. The molecule has 0 aliphatic rings. The first-order chi connectivity index (χ1) is 15.4. The summed E-state index contributed by atoms with van der Waals surface area (Å²) in [6.45, 7) is 1.90. The van der Waals surface area contributed by atoms with E-state index in [1.54, 1.807) is 31.2 Å². The van der Waals surface area contributed by atoms with E-state index in [1.807, 2.05) is 0 Å². The Hall–Kier alpha value is -4.14. The molecule has 32 heavy (non-hydrogen) atoms. The number of hydrogen-bond acceptors (Lipinski definition) is 5. The molecule has 4 aromatic rings. The summed E-state index contributed by atoms with van der Waals surface area (Å²) >= 11 is 0. The molecule has 162 valence electrons. The first-order valence-electron chi connectivity index (χ1n) is 9.78. The Morgan fingerprint density at radius 1 is 0.938 bits per heavy atom. The first-order valence-corrected chi connectivity index (χ1v) is 9.78. The van der Waals surface area contributed by atoms with Gasteiger partial charge in [-0.25, -0.2) is 13.8 Å². The molecule has 0 spiro atoms. The van der Waals surface area contributed by atoms with Crippen LogP contribution in [0.1, 0.15) is 26.4 Å². The Morgan fingerprint density at radius 3 is 2.28 bits per heavy atom. The van der Waals surface area contributed by atoms with E-state index in [9.17, 15) is 18.4 Å². The van der Waals surface area contributed by atoms with Crippen molar-refractivity contribution in [2.24, 2.45) is 0 Å². The topological polar surface area (TPSA) is 97.1 Å². The lowest BCUT2D eigenvalue weighted by molar-refractivity contribution is 0.0926. The van der Waals surface area contributed by atoms with E-state index in [1.165, 1.54) is 30.3 Å². The first kappa shape index (κ1) is 21.1. The number of carbonyl (C=O) groups is 2. The fourth-order valence-electron chi connectivity index (χ4n) is 3.23. The Morgan fingerprint density at radius 2 is 1.59 bits per heavy atom. The number of benzene rings is 2. The summed E-state index contributed by atoms with van der Waals surface area (Å²) in [6, 6.07) is 12.9. The number of nitrogens with one attached hydrogen (secondary N) is 2. The van der Waals surface area contributed by atoms with E-state index in [4.69, 9.17) is 4.52 Å². The van der Waals surface area contributed by atoms with Gasteiger partial charge in [0.1, 0.15) is 11.6 Å². The normalized spacial score (nSPS) is 10.8. The van der Waals surface area contributed by atoms with E-state index in [-0.39, 0.29) is 35.7 Å². The van der Waals surface area contributed by atoms with Gasteiger partial charge in [-0.2, -0.15) is 0 Å². The van der Waals surface area contributed by atoms with Gasteiger partial charge in [-0.3, -0.25) is 9.59 Å². The molecule has 4 rings (SSSR count). The molecule has 9 heteroatoms. The minimum absolute atomic E-state index is 0.0706. The molecule has 0 saturated heterocycles. The van der Waals surface area contributed by atoms with E-state index in [0.717, 1.165) is 0 Å². The number of halogens is 2. The molecule has 2 aromatic carbocycles. The largest absolute Gasteiger partial charge is 0.350 e. The lowest BCUT2D eigenvalue weighted by Crippen LogP contribution is -2.35. The van der Waals surface area contributed by atoms with Crippen LogP contribution in [0.5, 0.6) is 0 Å². The summed E-state index contributed by atoms with van der Waals surface area (Å²) in [4.78, 5) is 29.3. The van der Waals surface area contributed by atoms with Crippen LogP contribution >= 0.6 is 0 Å². The zero-order valence-electron chi connectivity index (χ0n) is 17.0. The minimum Gasteiger partial charge on any atom is -0.350 e. The van der Waals surface area contributed by atoms with Crippen LogP contribution in [0.3, 0.4) is 0 Å². The van der Waals surface area contributed by atoms with Gasteiger partial charge in [-0.05, 0) is 49.4 Å². The van der Waals surface area contributed by atoms with Crippen LogP contribution < -0.4 is 10.6 Å². The summed E-state index contributed by atoms with van der Waals surface area (Å²) in [5.41, 5.74) is 1.92. The molecule has 2 amide bonds. The third-order valence-corrected chi connectivity index (χ3v) is 4.82. The van der Waals surface area contributed by atoms with Gasteiger partial charge < -0.3 is 15.2 Å². The third kappa shape index (κ3) is 4.31. The fraction of sp³-hybridized carbons (Fsp3) is 0.130. The molecule has 2 aromatic heterocycles. The Bertz CT molecular complexity index is 1300. The number of aryl methyl sites for hydroxylation is 1. The maximum Gasteiger partial charge on any atom is 0.259 e. The predicted octanol–water partition coefficient (Wildman–Crippen LogP) is 3.64. The molecule has 2 heterocycles. The molecule has 0 aliphatic carbocycles. The van der Waals surface area contributed by atoms with Gasteiger partial charge in [0.25, 0.3) is 17.5 Å². The van der Waals surface area contributed by atoms with Crippen molar-refractivity contribution in [3.05, 3.63) is 83.1 Å². The Balaban J connectivity index is 1.49. The van der Waals surface area contributed by atoms with Gasteiger partial charge in [0.05, 0.1) is 27.9 Å². The van der Waals surface area contributed by atoms with E-state index >= 15 is 0 Å². The number of fused-ring (bicyclic) bond motifs is 1. The average molecular weight is 436 g/mol. The van der Waals surface area contributed by atoms with E-state index in [0.29, 0.717) is 22.3 Å². The van der Waals surface area contributed by atoms with Crippen LogP contribution in [0, 0.1) is 18.6 Å². The molecule has 0 saturated carbocycles. The average Bonchev–Trinajstić information content (AvgIpc) is 3.17. The van der Waals surface area contributed by atoms with Gasteiger partial charge in [0.15, 0.2) is 0 Å². The monoisotopic (exact) mass is 436 g/mol. The van der Waals surface area contributed by atoms with Crippen molar-refractivity contribution in [1.82, 2.24) is 20.8 Å². The minimum atomic E-state index is -0.621. The fourth-order valence-corrected chi connectivity index (χ4v) is 3.23.